The summed E-state index contributed by atoms with van der Waals surface area (Å²) in [5.41, 5.74) is 20.8. The Morgan fingerprint density at radius 3 is 1.14 bits per heavy atom. The molecule has 0 N–H and O–H groups in total. The molecule has 0 saturated carbocycles. The van der Waals surface area contributed by atoms with Gasteiger partial charge in [-0.05, 0) is 137 Å². The van der Waals surface area contributed by atoms with Gasteiger partial charge in [-0.2, -0.15) is 0 Å². The molecular weight excluding hydrogens is 861 g/mol. The van der Waals surface area contributed by atoms with Crippen molar-refractivity contribution < 1.29 is 0 Å². The Hall–Kier alpha value is -7.63. The van der Waals surface area contributed by atoms with Crippen LogP contribution in [0.3, 0.4) is 0 Å². The summed E-state index contributed by atoms with van der Waals surface area (Å²) in [5, 5.41) is 11.3. The zero-order chi connectivity index (χ0) is 46.2. The molecule has 0 saturated heterocycles. The van der Waals surface area contributed by atoms with Gasteiger partial charge in [-0.1, -0.05) is 251 Å². The van der Waals surface area contributed by atoms with Crippen LogP contribution in [0.1, 0.15) is 22.3 Å². The number of hydrogen-bond donors (Lipinski definition) is 0. The Morgan fingerprint density at radius 2 is 0.638 bits per heavy atom. The Kier molecular flexibility index (Phi) is 8.61. The lowest BCUT2D eigenvalue weighted by Gasteiger charge is -2.35. The minimum Gasteiger partial charge on any atom is -0.0623 e. The molecule has 2 aliphatic heterocycles. The van der Waals surface area contributed by atoms with Crippen LogP contribution in [0.4, 0.5) is 0 Å². The SMILES string of the molecule is C[Si]1(C)c2ccccc2-c2cccc(-c3cccc4c(-c5cccc6c5C(c5ccccc5)(c5ccccc5)c5ccccc5-6)c5cccc(-c6cccc7c6[Si](C)(C)c6ccccc6-7)c5cc34)c21. The van der Waals surface area contributed by atoms with Gasteiger partial charge < -0.3 is 0 Å². The van der Waals surface area contributed by atoms with E-state index in [-0.39, 0.29) is 0 Å². The standard InChI is InChI=1S/C67H50Si2/c1-68(2)61-40-15-12-27-48(61)55-36-20-34-53(65(55)68)45-29-17-31-50-58(45)42-59-46(54-35-21-37-56-49-28-13-16-41-62(49)69(3,4)66(54)56)30-18-32-51(59)63(50)57-38-19-33-52-47-26-11-14-39-60(47)67(64(52)57,43-22-7-5-8-23-43)44-24-9-6-10-25-44/h5-42H,1-4H3. The average Bonchev–Trinajstić information content (AvgIpc) is 3.94. The van der Waals surface area contributed by atoms with Gasteiger partial charge in [-0.3, -0.25) is 0 Å². The van der Waals surface area contributed by atoms with Crippen molar-refractivity contribution in [2.45, 2.75) is 31.6 Å². The molecule has 2 heteroatoms. The van der Waals surface area contributed by atoms with Crippen molar-refractivity contribution in [1.29, 1.82) is 0 Å². The molecule has 0 amide bonds. The molecule has 0 fully saturated rings. The summed E-state index contributed by atoms with van der Waals surface area (Å²) in [7, 11) is -4.18. The maximum atomic E-state index is 2.59. The third-order valence-corrected chi connectivity index (χ3v) is 23.7. The van der Waals surface area contributed by atoms with Crippen molar-refractivity contribution >= 4 is 58.4 Å². The Balaban J connectivity index is 1.15. The van der Waals surface area contributed by atoms with Crippen LogP contribution in [0.25, 0.3) is 88.3 Å². The van der Waals surface area contributed by atoms with Gasteiger partial charge in [0.2, 0.25) is 0 Å². The van der Waals surface area contributed by atoms with Gasteiger partial charge in [0, 0.05) is 0 Å². The van der Waals surface area contributed by atoms with Crippen molar-refractivity contribution in [2.75, 3.05) is 0 Å². The third-order valence-electron chi connectivity index (χ3n) is 16.5. The fraction of sp³-hybridized carbons (Fsp3) is 0.0746. The predicted octanol–water partition coefficient (Wildman–Crippen LogP) is 15.0. The lowest BCUT2D eigenvalue weighted by atomic mass is 9.65. The fourth-order valence-corrected chi connectivity index (χ4v) is 20.7. The van der Waals surface area contributed by atoms with Crippen LogP contribution in [0, 0.1) is 0 Å². The molecule has 69 heavy (non-hydrogen) atoms. The van der Waals surface area contributed by atoms with Gasteiger partial charge in [0.15, 0.2) is 0 Å². The molecule has 0 unspecified atom stereocenters. The first kappa shape index (κ1) is 40.4. The lowest BCUT2D eigenvalue weighted by Crippen LogP contribution is -2.50. The van der Waals surface area contributed by atoms with E-state index in [1.54, 1.807) is 10.4 Å². The van der Waals surface area contributed by atoms with Gasteiger partial charge >= 0.3 is 0 Å². The first-order valence-electron chi connectivity index (χ1n) is 24.6. The quantitative estimate of drug-likeness (QED) is 0.119. The van der Waals surface area contributed by atoms with Crippen molar-refractivity contribution in [3.63, 3.8) is 0 Å². The maximum Gasteiger partial charge on any atom is 0.114 e. The summed E-state index contributed by atoms with van der Waals surface area (Å²) < 4.78 is 0. The average molecular weight is 911 g/mol. The van der Waals surface area contributed by atoms with Crippen LogP contribution in [0.2, 0.25) is 26.2 Å². The molecule has 14 rings (SSSR count). The zero-order valence-electron chi connectivity index (χ0n) is 39.4. The van der Waals surface area contributed by atoms with E-state index in [0.717, 1.165) is 0 Å². The Morgan fingerprint density at radius 1 is 0.275 bits per heavy atom. The molecule has 0 aromatic heterocycles. The monoisotopic (exact) mass is 910 g/mol. The molecule has 0 nitrogen and oxygen atoms in total. The van der Waals surface area contributed by atoms with Crippen molar-refractivity contribution in [1.82, 2.24) is 0 Å². The summed E-state index contributed by atoms with van der Waals surface area (Å²) in [6, 6.07) is 88.5. The number of fused-ring (bicyclic) bond motifs is 11. The van der Waals surface area contributed by atoms with E-state index < -0.39 is 21.6 Å². The summed E-state index contributed by atoms with van der Waals surface area (Å²) in [4.78, 5) is 0. The van der Waals surface area contributed by atoms with E-state index in [1.165, 1.54) is 121 Å². The second-order valence-electron chi connectivity index (χ2n) is 20.6. The van der Waals surface area contributed by atoms with Crippen molar-refractivity contribution in [3.8, 4) is 66.8 Å². The summed E-state index contributed by atoms with van der Waals surface area (Å²) in [6.07, 6.45) is 0. The molecule has 0 bridgehead atoms. The fourth-order valence-electron chi connectivity index (χ4n) is 13.8. The molecule has 11 aromatic rings. The highest BCUT2D eigenvalue weighted by molar-refractivity contribution is 7.05. The molecule has 0 atom stereocenters. The van der Waals surface area contributed by atoms with E-state index in [4.69, 9.17) is 0 Å². The van der Waals surface area contributed by atoms with Gasteiger partial charge in [-0.25, -0.2) is 0 Å². The summed E-state index contributed by atoms with van der Waals surface area (Å²) in [6.45, 7) is 10.2. The zero-order valence-corrected chi connectivity index (χ0v) is 41.4. The second kappa shape index (κ2) is 14.7. The summed E-state index contributed by atoms with van der Waals surface area (Å²) >= 11 is 0. The first-order valence-corrected chi connectivity index (χ1v) is 30.6. The van der Waals surface area contributed by atoms with Crippen molar-refractivity contribution in [2.24, 2.45) is 0 Å². The highest BCUT2D eigenvalue weighted by atomic mass is 28.3. The van der Waals surface area contributed by atoms with Gasteiger partial charge in [0.1, 0.15) is 16.1 Å². The van der Waals surface area contributed by atoms with Gasteiger partial charge in [0.05, 0.1) is 5.41 Å². The summed E-state index contributed by atoms with van der Waals surface area (Å²) in [5.74, 6) is 0. The lowest BCUT2D eigenvalue weighted by molar-refractivity contribution is 0.770. The minimum absolute atomic E-state index is 0.571. The molecule has 0 spiro atoms. The van der Waals surface area contributed by atoms with E-state index in [1.807, 2.05) is 0 Å². The molecule has 3 aliphatic rings. The van der Waals surface area contributed by atoms with Crippen LogP contribution in [-0.4, -0.2) is 16.1 Å². The normalized spacial score (nSPS) is 15.0. The molecule has 11 aromatic carbocycles. The van der Waals surface area contributed by atoms with E-state index in [0.29, 0.717) is 0 Å². The number of rotatable bonds is 5. The smallest absolute Gasteiger partial charge is 0.0623 e. The molecule has 2 heterocycles. The van der Waals surface area contributed by atoms with Crippen molar-refractivity contribution in [3.05, 3.63) is 253 Å². The Bertz CT molecular complexity index is 3750. The molecular formula is C67H50Si2. The second-order valence-corrected chi connectivity index (χ2v) is 29.2. The Labute approximate surface area is 407 Å². The van der Waals surface area contributed by atoms with Crippen LogP contribution < -0.4 is 20.7 Å². The number of benzene rings is 11. The van der Waals surface area contributed by atoms with E-state index in [2.05, 4.69) is 257 Å². The topological polar surface area (TPSA) is 0 Å². The molecule has 0 radical (unpaired) electrons. The van der Waals surface area contributed by atoms with Crippen LogP contribution in [0.5, 0.6) is 0 Å². The van der Waals surface area contributed by atoms with Gasteiger partial charge in [0.25, 0.3) is 0 Å². The first-order chi connectivity index (χ1) is 33.8. The minimum atomic E-state index is -2.09. The highest BCUT2D eigenvalue weighted by Crippen LogP contribution is 2.60. The third kappa shape index (κ3) is 5.39. The highest BCUT2D eigenvalue weighted by Gasteiger charge is 2.48. The molecule has 1 aliphatic carbocycles. The van der Waals surface area contributed by atoms with Gasteiger partial charge in [-0.15, -0.1) is 0 Å². The van der Waals surface area contributed by atoms with E-state index in [9.17, 15) is 0 Å². The number of hydrogen-bond acceptors (Lipinski definition) is 0. The molecule has 326 valence electrons. The largest absolute Gasteiger partial charge is 0.114 e. The van der Waals surface area contributed by atoms with Crippen LogP contribution >= 0.6 is 0 Å². The van der Waals surface area contributed by atoms with Crippen LogP contribution in [0.15, 0.2) is 231 Å². The van der Waals surface area contributed by atoms with E-state index >= 15 is 0 Å². The van der Waals surface area contributed by atoms with Crippen LogP contribution in [-0.2, 0) is 5.41 Å². The maximum absolute atomic E-state index is 2.59. The predicted molar refractivity (Wildman–Crippen MR) is 299 cm³/mol.